The van der Waals surface area contributed by atoms with Gasteiger partial charge in [0.2, 0.25) is 0 Å². The normalized spacial score (nSPS) is 14.5. The molecular formula is C22H24BrNO4. The molecule has 6 heteroatoms. The van der Waals surface area contributed by atoms with Crippen molar-refractivity contribution in [2.24, 2.45) is 0 Å². The molecule has 0 unspecified atom stereocenters. The van der Waals surface area contributed by atoms with Gasteiger partial charge in [-0.05, 0) is 49.7 Å². The third kappa shape index (κ3) is 4.56. The molecule has 0 radical (unpaired) electrons. The number of halogens is 1. The van der Waals surface area contributed by atoms with Crippen LogP contribution in [0.5, 0.6) is 17.2 Å². The van der Waals surface area contributed by atoms with E-state index in [1.54, 1.807) is 19.3 Å². The third-order valence-electron chi connectivity index (χ3n) is 4.87. The zero-order valence-electron chi connectivity index (χ0n) is 16.1. The average molecular weight is 446 g/mol. The number of allylic oxidation sites excluding steroid dienone is 1. The van der Waals surface area contributed by atoms with Gasteiger partial charge in [-0.25, -0.2) is 0 Å². The summed E-state index contributed by atoms with van der Waals surface area (Å²) >= 11 is 3.42. The zero-order valence-corrected chi connectivity index (χ0v) is 17.7. The van der Waals surface area contributed by atoms with E-state index in [4.69, 9.17) is 9.47 Å². The van der Waals surface area contributed by atoms with Crippen LogP contribution in [-0.4, -0.2) is 43.1 Å². The molecule has 28 heavy (non-hydrogen) atoms. The summed E-state index contributed by atoms with van der Waals surface area (Å²) in [6, 6.07) is 9.30. The Morgan fingerprint density at radius 3 is 2.54 bits per heavy atom. The van der Waals surface area contributed by atoms with Gasteiger partial charge < -0.3 is 14.6 Å². The Balaban J connectivity index is 1.96. The van der Waals surface area contributed by atoms with E-state index in [0.29, 0.717) is 23.6 Å². The number of ketones is 1. The minimum absolute atomic E-state index is 0.0769. The van der Waals surface area contributed by atoms with Crippen LogP contribution in [0.25, 0.3) is 6.08 Å². The fraction of sp³-hybridized carbons (Fsp3) is 0.318. The number of hydrogen-bond acceptors (Lipinski definition) is 5. The Hall–Kier alpha value is -2.31. The average Bonchev–Trinajstić information content (AvgIpc) is 3.20. The molecule has 2 aromatic carbocycles. The molecule has 0 spiro atoms. The molecule has 1 heterocycles. The van der Waals surface area contributed by atoms with Crippen LogP contribution in [0.15, 0.2) is 40.9 Å². The van der Waals surface area contributed by atoms with Crippen LogP contribution in [0.1, 0.15) is 34.3 Å². The number of carbonyl (C=O) groups excluding carboxylic acids is 1. The SMILES string of the molecule is COc1cc(OC)c(C(=O)/C=C/c2cccc(Br)c2)c(O)c1CN1CCCC1. The van der Waals surface area contributed by atoms with Crippen molar-refractivity contribution < 1.29 is 19.4 Å². The van der Waals surface area contributed by atoms with Crippen LogP contribution < -0.4 is 9.47 Å². The van der Waals surface area contributed by atoms with Gasteiger partial charge in [-0.1, -0.05) is 34.1 Å². The lowest BCUT2D eigenvalue weighted by Crippen LogP contribution is -2.19. The summed E-state index contributed by atoms with van der Waals surface area (Å²) in [5.41, 5.74) is 1.65. The summed E-state index contributed by atoms with van der Waals surface area (Å²) in [4.78, 5) is 15.1. The number of hydrogen-bond donors (Lipinski definition) is 1. The number of ether oxygens (including phenoxy) is 2. The van der Waals surface area contributed by atoms with Crippen molar-refractivity contribution in [2.75, 3.05) is 27.3 Å². The van der Waals surface area contributed by atoms with Crippen molar-refractivity contribution in [3.63, 3.8) is 0 Å². The fourth-order valence-electron chi connectivity index (χ4n) is 3.43. The van der Waals surface area contributed by atoms with Crippen LogP contribution in [0.3, 0.4) is 0 Å². The maximum Gasteiger partial charge on any atom is 0.193 e. The minimum atomic E-state index is -0.320. The first-order valence-corrected chi connectivity index (χ1v) is 10.00. The molecule has 1 aliphatic heterocycles. The summed E-state index contributed by atoms with van der Waals surface area (Å²) in [5, 5.41) is 10.9. The lowest BCUT2D eigenvalue weighted by atomic mass is 10.0. The predicted octanol–water partition coefficient (Wildman–Crippen LogP) is 4.66. The van der Waals surface area contributed by atoms with Gasteiger partial charge in [0.1, 0.15) is 22.8 Å². The summed E-state index contributed by atoms with van der Waals surface area (Å²) in [6.07, 6.45) is 5.45. The molecule has 3 rings (SSSR count). The van der Waals surface area contributed by atoms with E-state index in [2.05, 4.69) is 20.8 Å². The van der Waals surface area contributed by atoms with Crippen LogP contribution in [-0.2, 0) is 6.54 Å². The fourth-order valence-corrected chi connectivity index (χ4v) is 3.84. The number of phenolic OH excluding ortho intramolecular Hbond substituents is 1. The topological polar surface area (TPSA) is 59.0 Å². The summed E-state index contributed by atoms with van der Waals surface area (Å²) in [7, 11) is 3.03. The molecule has 1 N–H and O–H groups in total. The number of rotatable bonds is 7. The second kappa shape index (κ2) is 9.26. The highest BCUT2D eigenvalue weighted by molar-refractivity contribution is 9.10. The highest BCUT2D eigenvalue weighted by atomic mass is 79.9. The number of likely N-dealkylation sites (tertiary alicyclic amines) is 1. The van der Waals surface area contributed by atoms with Gasteiger partial charge >= 0.3 is 0 Å². The minimum Gasteiger partial charge on any atom is -0.507 e. The Morgan fingerprint density at radius 2 is 1.89 bits per heavy atom. The number of nitrogens with zero attached hydrogens (tertiary/aromatic N) is 1. The number of benzene rings is 2. The third-order valence-corrected chi connectivity index (χ3v) is 5.36. The smallest absolute Gasteiger partial charge is 0.193 e. The van der Waals surface area contributed by atoms with Gasteiger partial charge in [-0.2, -0.15) is 0 Å². The van der Waals surface area contributed by atoms with Crippen molar-refractivity contribution >= 4 is 27.8 Å². The van der Waals surface area contributed by atoms with Crippen molar-refractivity contribution in [2.45, 2.75) is 19.4 Å². The van der Waals surface area contributed by atoms with E-state index in [-0.39, 0.29) is 17.1 Å². The lowest BCUT2D eigenvalue weighted by Gasteiger charge is -2.20. The van der Waals surface area contributed by atoms with E-state index in [1.807, 2.05) is 24.3 Å². The van der Waals surface area contributed by atoms with Crippen LogP contribution in [0, 0.1) is 0 Å². The first-order valence-electron chi connectivity index (χ1n) is 9.20. The molecule has 0 atom stereocenters. The quantitative estimate of drug-likeness (QED) is 0.495. The second-order valence-corrected chi connectivity index (χ2v) is 7.63. The highest BCUT2D eigenvalue weighted by Crippen LogP contribution is 2.40. The Labute approximate surface area is 173 Å². The largest absolute Gasteiger partial charge is 0.507 e. The second-order valence-electron chi connectivity index (χ2n) is 6.72. The number of methoxy groups -OCH3 is 2. The molecule has 0 aliphatic carbocycles. The molecule has 5 nitrogen and oxygen atoms in total. The van der Waals surface area contributed by atoms with Gasteiger partial charge in [-0.3, -0.25) is 9.69 Å². The Kier molecular flexibility index (Phi) is 6.75. The number of phenols is 1. The Bertz CT molecular complexity index is 888. The van der Waals surface area contributed by atoms with Crippen molar-refractivity contribution in [1.82, 2.24) is 4.90 Å². The van der Waals surface area contributed by atoms with E-state index in [9.17, 15) is 9.90 Å². The van der Waals surface area contributed by atoms with Gasteiger partial charge in [-0.15, -0.1) is 0 Å². The first kappa shape index (κ1) is 20.4. The van der Waals surface area contributed by atoms with E-state index in [0.717, 1.165) is 36.0 Å². The number of aromatic hydroxyl groups is 1. The zero-order chi connectivity index (χ0) is 20.1. The maximum absolute atomic E-state index is 12.9. The Morgan fingerprint density at radius 1 is 1.18 bits per heavy atom. The van der Waals surface area contributed by atoms with Crippen LogP contribution in [0.4, 0.5) is 0 Å². The van der Waals surface area contributed by atoms with Gasteiger partial charge in [0.05, 0.1) is 19.8 Å². The molecule has 1 aliphatic rings. The van der Waals surface area contributed by atoms with Gasteiger partial charge in [0.15, 0.2) is 5.78 Å². The molecule has 0 saturated carbocycles. The van der Waals surface area contributed by atoms with Crippen LogP contribution in [0.2, 0.25) is 0 Å². The van der Waals surface area contributed by atoms with Crippen molar-refractivity contribution in [3.05, 3.63) is 57.6 Å². The van der Waals surface area contributed by atoms with E-state index in [1.165, 1.54) is 13.2 Å². The molecule has 1 saturated heterocycles. The summed E-state index contributed by atoms with van der Waals surface area (Å²) in [6.45, 7) is 2.48. The molecule has 148 valence electrons. The lowest BCUT2D eigenvalue weighted by molar-refractivity contribution is 0.104. The molecule has 0 bridgehead atoms. The van der Waals surface area contributed by atoms with E-state index < -0.39 is 0 Å². The predicted molar refractivity (Wildman–Crippen MR) is 113 cm³/mol. The van der Waals surface area contributed by atoms with Crippen LogP contribution >= 0.6 is 15.9 Å². The summed E-state index contributed by atoms with van der Waals surface area (Å²) in [5.74, 6) is 0.420. The summed E-state index contributed by atoms with van der Waals surface area (Å²) < 4.78 is 11.8. The van der Waals surface area contributed by atoms with Crippen molar-refractivity contribution in [3.8, 4) is 17.2 Å². The van der Waals surface area contributed by atoms with Gasteiger partial charge in [0, 0.05) is 17.1 Å². The van der Waals surface area contributed by atoms with E-state index >= 15 is 0 Å². The maximum atomic E-state index is 12.9. The highest BCUT2D eigenvalue weighted by Gasteiger charge is 2.25. The number of carbonyl (C=O) groups is 1. The molecule has 1 fully saturated rings. The molecular weight excluding hydrogens is 422 g/mol. The standard InChI is InChI=1S/C22H24BrNO4/c1-27-19-13-20(28-2)21(22(26)17(19)14-24-10-3-4-11-24)18(25)9-8-15-6-5-7-16(23)12-15/h5-9,12-13,26H,3-4,10-11,14H2,1-2H3/b9-8+. The first-order chi connectivity index (χ1) is 13.5. The monoisotopic (exact) mass is 445 g/mol. The molecule has 0 aromatic heterocycles. The molecule has 0 amide bonds. The van der Waals surface area contributed by atoms with Crippen molar-refractivity contribution in [1.29, 1.82) is 0 Å². The molecule has 2 aromatic rings. The van der Waals surface area contributed by atoms with Gasteiger partial charge in [0.25, 0.3) is 0 Å².